The third kappa shape index (κ3) is 6.36. The van der Waals surface area contributed by atoms with Crippen LogP contribution in [0.3, 0.4) is 0 Å². The Morgan fingerprint density at radius 3 is 2.64 bits per heavy atom. The lowest BCUT2D eigenvalue weighted by Crippen LogP contribution is -2.34. The number of fused-ring (bicyclic) bond motifs is 1. The van der Waals surface area contributed by atoms with Gasteiger partial charge >= 0.3 is 0 Å². The van der Waals surface area contributed by atoms with Crippen LogP contribution in [0.1, 0.15) is 25.0 Å². The van der Waals surface area contributed by atoms with Gasteiger partial charge < -0.3 is 10.6 Å². The van der Waals surface area contributed by atoms with Crippen LogP contribution in [0, 0.1) is 19.8 Å². The van der Waals surface area contributed by atoms with E-state index < -0.39 is 0 Å². The maximum absolute atomic E-state index is 13.0. The van der Waals surface area contributed by atoms with Gasteiger partial charge in [0.25, 0.3) is 5.56 Å². The van der Waals surface area contributed by atoms with Gasteiger partial charge in [0.2, 0.25) is 11.8 Å². The molecule has 0 radical (unpaired) electrons. The summed E-state index contributed by atoms with van der Waals surface area (Å²) in [6, 6.07) is 10.6. The third-order valence-electron chi connectivity index (χ3n) is 5.09. The fraction of sp³-hybridized carbons (Fsp3) is 0.333. The lowest BCUT2D eigenvalue weighted by molar-refractivity contribution is -0.122. The molecule has 9 heteroatoms. The molecule has 0 fully saturated rings. The summed E-state index contributed by atoms with van der Waals surface area (Å²) in [6.07, 6.45) is 0. The predicted molar refractivity (Wildman–Crippen MR) is 134 cm³/mol. The summed E-state index contributed by atoms with van der Waals surface area (Å²) in [5, 5.41) is 6.81. The van der Waals surface area contributed by atoms with E-state index in [1.807, 2.05) is 45.9 Å². The molecule has 2 N–H and O–H groups in total. The number of anilines is 1. The van der Waals surface area contributed by atoms with Crippen molar-refractivity contribution >= 4 is 51.8 Å². The van der Waals surface area contributed by atoms with E-state index in [2.05, 4.69) is 15.6 Å². The number of carbonyl (C=O) groups excluding carboxylic acids is 2. The molecule has 1 aromatic heterocycles. The van der Waals surface area contributed by atoms with Crippen LogP contribution in [-0.4, -0.2) is 33.7 Å². The molecule has 33 heavy (non-hydrogen) atoms. The highest BCUT2D eigenvalue weighted by Gasteiger charge is 2.15. The van der Waals surface area contributed by atoms with Gasteiger partial charge in [0.1, 0.15) is 0 Å². The average molecular weight is 487 g/mol. The van der Waals surface area contributed by atoms with Gasteiger partial charge in [0.05, 0.1) is 23.2 Å². The molecule has 1 heterocycles. The first kappa shape index (κ1) is 24.8. The van der Waals surface area contributed by atoms with Gasteiger partial charge in [0.15, 0.2) is 5.16 Å². The topological polar surface area (TPSA) is 93.1 Å². The van der Waals surface area contributed by atoms with Crippen molar-refractivity contribution in [1.29, 1.82) is 0 Å². The normalized spacial score (nSPS) is 11.1. The van der Waals surface area contributed by atoms with Crippen LogP contribution in [0.5, 0.6) is 0 Å². The predicted octanol–water partition coefficient (Wildman–Crippen LogP) is 4.17. The number of thioether (sulfide) groups is 1. The van der Waals surface area contributed by atoms with Crippen LogP contribution in [0.4, 0.5) is 5.69 Å². The summed E-state index contributed by atoms with van der Waals surface area (Å²) in [6.45, 7) is 8.24. The van der Waals surface area contributed by atoms with Crippen LogP contribution >= 0.6 is 23.4 Å². The zero-order valence-electron chi connectivity index (χ0n) is 19.1. The number of nitrogens with one attached hydrogen (secondary N) is 2. The Kier molecular flexibility index (Phi) is 8.15. The number of rotatable bonds is 8. The fourth-order valence-electron chi connectivity index (χ4n) is 3.25. The standard InChI is InChI=1S/C24H27ClN4O3S/c1-14(2)12-29-23(32)18-10-17(25)8-9-20(18)28-24(29)33-13-22(31)26-11-21(30)27-19-7-5-6-15(3)16(19)4/h5-10,14H,11-13H2,1-4H3,(H,26,31)(H,27,30). The molecule has 174 valence electrons. The molecule has 0 aliphatic carbocycles. The minimum absolute atomic E-state index is 0.0282. The highest BCUT2D eigenvalue weighted by atomic mass is 35.5. The number of aromatic nitrogens is 2. The second-order valence-electron chi connectivity index (χ2n) is 8.23. The maximum atomic E-state index is 13.0. The van der Waals surface area contributed by atoms with E-state index in [4.69, 9.17) is 11.6 Å². The van der Waals surface area contributed by atoms with E-state index in [0.29, 0.717) is 27.6 Å². The van der Waals surface area contributed by atoms with Crippen molar-refractivity contribution in [2.24, 2.45) is 5.92 Å². The minimum Gasteiger partial charge on any atom is -0.346 e. The Hall–Kier alpha value is -2.84. The van der Waals surface area contributed by atoms with Crippen molar-refractivity contribution in [3.8, 4) is 0 Å². The van der Waals surface area contributed by atoms with Gasteiger partial charge in [0, 0.05) is 17.3 Å². The van der Waals surface area contributed by atoms with Crippen molar-refractivity contribution in [3.05, 3.63) is 62.9 Å². The van der Waals surface area contributed by atoms with E-state index in [-0.39, 0.29) is 35.6 Å². The first-order valence-corrected chi connectivity index (χ1v) is 12.0. The summed E-state index contributed by atoms with van der Waals surface area (Å²) in [4.78, 5) is 42.2. The summed E-state index contributed by atoms with van der Waals surface area (Å²) in [5.41, 5.74) is 3.12. The molecule has 0 aliphatic rings. The molecule has 0 unspecified atom stereocenters. The van der Waals surface area contributed by atoms with Crippen LogP contribution in [-0.2, 0) is 16.1 Å². The molecule has 0 saturated heterocycles. The maximum Gasteiger partial charge on any atom is 0.262 e. The van der Waals surface area contributed by atoms with Crippen LogP contribution in [0.2, 0.25) is 5.02 Å². The van der Waals surface area contributed by atoms with Gasteiger partial charge in [-0.15, -0.1) is 0 Å². The Labute approximate surface area is 201 Å². The highest BCUT2D eigenvalue weighted by Crippen LogP contribution is 2.21. The smallest absolute Gasteiger partial charge is 0.262 e. The molecule has 0 spiro atoms. The van der Waals surface area contributed by atoms with Gasteiger partial charge in [-0.3, -0.25) is 19.0 Å². The number of hydrogen-bond donors (Lipinski definition) is 2. The number of hydrogen-bond acceptors (Lipinski definition) is 5. The van der Waals surface area contributed by atoms with E-state index >= 15 is 0 Å². The average Bonchev–Trinajstić information content (AvgIpc) is 2.76. The van der Waals surface area contributed by atoms with Crippen molar-refractivity contribution < 1.29 is 9.59 Å². The molecule has 0 aliphatic heterocycles. The van der Waals surface area contributed by atoms with Gasteiger partial charge in [-0.1, -0.05) is 49.3 Å². The zero-order chi connectivity index (χ0) is 24.1. The SMILES string of the molecule is Cc1cccc(NC(=O)CNC(=O)CSc2nc3ccc(Cl)cc3c(=O)n2CC(C)C)c1C. The Balaban J connectivity index is 1.66. The Morgan fingerprint density at radius 1 is 1.15 bits per heavy atom. The number of carbonyl (C=O) groups is 2. The number of amides is 2. The first-order chi connectivity index (χ1) is 15.7. The molecule has 0 saturated carbocycles. The zero-order valence-corrected chi connectivity index (χ0v) is 20.6. The molecular weight excluding hydrogens is 460 g/mol. The van der Waals surface area contributed by atoms with E-state index in [0.717, 1.165) is 16.8 Å². The lowest BCUT2D eigenvalue weighted by atomic mass is 10.1. The molecule has 0 atom stereocenters. The number of nitrogens with zero attached hydrogens (tertiary/aromatic N) is 2. The van der Waals surface area contributed by atoms with Crippen molar-refractivity contribution in [2.75, 3.05) is 17.6 Å². The van der Waals surface area contributed by atoms with Crippen molar-refractivity contribution in [3.63, 3.8) is 0 Å². The molecule has 0 bridgehead atoms. The second kappa shape index (κ2) is 10.9. The van der Waals surface area contributed by atoms with Gasteiger partial charge in [-0.2, -0.15) is 0 Å². The van der Waals surface area contributed by atoms with E-state index in [1.165, 1.54) is 11.8 Å². The van der Waals surface area contributed by atoms with Crippen LogP contribution in [0.25, 0.3) is 10.9 Å². The minimum atomic E-state index is -0.322. The summed E-state index contributed by atoms with van der Waals surface area (Å²) < 4.78 is 1.58. The molecule has 2 aromatic carbocycles. The monoisotopic (exact) mass is 486 g/mol. The quantitative estimate of drug-likeness (QED) is 0.368. The van der Waals surface area contributed by atoms with E-state index in [1.54, 1.807) is 22.8 Å². The number of aryl methyl sites for hydroxylation is 1. The van der Waals surface area contributed by atoms with Crippen LogP contribution in [0.15, 0.2) is 46.3 Å². The molecule has 2 amide bonds. The number of benzene rings is 2. The van der Waals surface area contributed by atoms with Gasteiger partial charge in [-0.05, 0) is 55.2 Å². The van der Waals surface area contributed by atoms with Gasteiger partial charge in [-0.25, -0.2) is 4.98 Å². The molecule has 3 rings (SSSR count). The largest absolute Gasteiger partial charge is 0.346 e. The van der Waals surface area contributed by atoms with Crippen molar-refractivity contribution in [1.82, 2.24) is 14.9 Å². The van der Waals surface area contributed by atoms with Crippen LogP contribution < -0.4 is 16.2 Å². The molecule has 7 nitrogen and oxygen atoms in total. The number of halogens is 1. The summed E-state index contributed by atoms with van der Waals surface area (Å²) in [7, 11) is 0. The first-order valence-electron chi connectivity index (χ1n) is 10.6. The van der Waals surface area contributed by atoms with Crippen molar-refractivity contribution in [2.45, 2.75) is 39.4 Å². The second-order valence-corrected chi connectivity index (χ2v) is 9.61. The molecule has 3 aromatic rings. The summed E-state index contributed by atoms with van der Waals surface area (Å²) in [5.74, 6) is -0.388. The Morgan fingerprint density at radius 2 is 1.91 bits per heavy atom. The molecular formula is C24H27ClN4O3S. The highest BCUT2D eigenvalue weighted by molar-refractivity contribution is 7.99. The Bertz CT molecular complexity index is 1260. The van der Waals surface area contributed by atoms with E-state index in [9.17, 15) is 14.4 Å². The lowest BCUT2D eigenvalue weighted by Gasteiger charge is -2.15. The summed E-state index contributed by atoms with van der Waals surface area (Å²) >= 11 is 7.22. The fourth-order valence-corrected chi connectivity index (χ4v) is 4.26. The third-order valence-corrected chi connectivity index (χ3v) is 6.30.